The van der Waals surface area contributed by atoms with Crippen molar-refractivity contribution in [2.75, 3.05) is 44.2 Å². The molecule has 1 aromatic heterocycles. The van der Waals surface area contributed by atoms with E-state index >= 15 is 0 Å². The predicted molar refractivity (Wildman–Crippen MR) is 183 cm³/mol. The molecule has 44 heavy (non-hydrogen) atoms. The molecule has 4 aliphatic rings. The zero-order valence-electron chi connectivity index (χ0n) is 26.3. The van der Waals surface area contributed by atoms with Crippen LogP contribution in [0.1, 0.15) is 62.5 Å². The van der Waals surface area contributed by atoms with Crippen LogP contribution < -0.4 is 4.90 Å². The smallest absolute Gasteiger partial charge is 0.209 e. The van der Waals surface area contributed by atoms with Crippen molar-refractivity contribution in [1.82, 2.24) is 14.8 Å². The van der Waals surface area contributed by atoms with Crippen molar-refractivity contribution < 1.29 is 4.79 Å². The van der Waals surface area contributed by atoms with Crippen molar-refractivity contribution in [3.05, 3.63) is 83.5 Å². The van der Waals surface area contributed by atoms with Crippen LogP contribution >= 0.6 is 0 Å². The lowest BCUT2D eigenvalue weighted by atomic mass is 9.87. The molecule has 3 aromatic rings. The number of pyridine rings is 1. The van der Waals surface area contributed by atoms with Crippen LogP contribution in [0, 0.1) is 25.2 Å². The van der Waals surface area contributed by atoms with Crippen LogP contribution in [-0.2, 0) is 4.79 Å². The molecule has 228 valence electrons. The van der Waals surface area contributed by atoms with E-state index in [2.05, 4.69) is 77.3 Å². The Labute approximate surface area is 263 Å². The van der Waals surface area contributed by atoms with Gasteiger partial charge in [-0.05, 0) is 124 Å². The van der Waals surface area contributed by atoms with Crippen molar-refractivity contribution in [3.8, 4) is 23.5 Å². The van der Waals surface area contributed by atoms with E-state index < -0.39 is 0 Å². The van der Waals surface area contributed by atoms with Gasteiger partial charge in [-0.2, -0.15) is 0 Å². The number of piperidine rings is 1. The third-order valence-electron chi connectivity index (χ3n) is 9.85. The zero-order valence-corrected chi connectivity index (χ0v) is 26.3. The molecule has 0 spiro atoms. The van der Waals surface area contributed by atoms with Gasteiger partial charge in [0.05, 0.1) is 5.52 Å². The topological polar surface area (TPSA) is 39.7 Å². The number of benzene rings is 2. The Bertz CT molecular complexity index is 1540. The Morgan fingerprint density at radius 1 is 0.932 bits per heavy atom. The van der Waals surface area contributed by atoms with E-state index in [0.29, 0.717) is 12.0 Å². The molecule has 1 aliphatic carbocycles. The minimum absolute atomic E-state index is 0.510. The summed E-state index contributed by atoms with van der Waals surface area (Å²) in [7, 11) is 0. The normalized spacial score (nSPS) is 22.0. The average molecular weight is 587 g/mol. The number of rotatable bonds is 6. The molecular weight excluding hydrogens is 540 g/mol. The maximum atomic E-state index is 10.7. The Hall–Kier alpha value is -3.88. The van der Waals surface area contributed by atoms with E-state index in [-0.39, 0.29) is 0 Å². The van der Waals surface area contributed by atoms with Crippen LogP contribution in [0.3, 0.4) is 0 Å². The van der Waals surface area contributed by atoms with Crippen LogP contribution in [-0.4, -0.2) is 66.5 Å². The number of aromatic nitrogens is 1. The van der Waals surface area contributed by atoms with Crippen LogP contribution in [0.5, 0.6) is 0 Å². The van der Waals surface area contributed by atoms with Gasteiger partial charge in [-0.3, -0.25) is 4.79 Å². The van der Waals surface area contributed by atoms with Crippen LogP contribution in [0.4, 0.5) is 5.82 Å². The molecule has 2 aromatic carbocycles. The van der Waals surface area contributed by atoms with E-state index in [4.69, 9.17) is 11.4 Å². The summed E-state index contributed by atoms with van der Waals surface area (Å²) in [5, 5.41) is 1.22. The standard InChI is InChI=1S/C29H28N2.C10H18N2O/c1-3-22-11-13-24(14-12-22)25-15-16-28-27(19-25)21(2)18-29(30-28)31-17-7-10-26(20-31)23-8-5-4-6-9-23;13-9-12-7-3-4-10(12)8-11-5-1-2-6-11/h1,5,8-9,11-16,18-19,26H,4,6-7,10,17,20H2,2H3;9-10H,1-8H2. The molecule has 0 saturated carbocycles. The zero-order chi connectivity index (χ0) is 30.3. The van der Waals surface area contributed by atoms with Crippen LogP contribution in [0.2, 0.25) is 0 Å². The molecule has 3 fully saturated rings. The largest absolute Gasteiger partial charge is 0.356 e. The summed E-state index contributed by atoms with van der Waals surface area (Å²) >= 11 is 0. The van der Waals surface area contributed by atoms with Gasteiger partial charge in [-0.25, -0.2) is 4.98 Å². The van der Waals surface area contributed by atoms with E-state index in [1.807, 2.05) is 17.0 Å². The number of likely N-dealkylation sites (tertiary alicyclic amines) is 2. The van der Waals surface area contributed by atoms with Gasteiger partial charge in [0, 0.05) is 49.1 Å². The second-order valence-electron chi connectivity index (χ2n) is 12.9. The molecular formula is C39H46N4O. The molecule has 0 N–H and O–H groups in total. The second kappa shape index (κ2) is 14.3. The summed E-state index contributed by atoms with van der Waals surface area (Å²) in [6, 6.07) is 17.5. The van der Waals surface area contributed by atoms with Gasteiger partial charge < -0.3 is 14.7 Å². The van der Waals surface area contributed by atoms with Gasteiger partial charge >= 0.3 is 0 Å². The lowest BCUT2D eigenvalue weighted by Crippen LogP contribution is -2.38. The van der Waals surface area contributed by atoms with Gasteiger partial charge in [0.25, 0.3) is 0 Å². The number of carbonyl (C=O) groups is 1. The summed E-state index contributed by atoms with van der Waals surface area (Å²) in [6.45, 7) is 8.92. The fourth-order valence-electron chi connectivity index (χ4n) is 7.33. The molecule has 3 saturated heterocycles. The number of hydrogen-bond donors (Lipinski definition) is 0. The summed E-state index contributed by atoms with van der Waals surface area (Å²) in [5.74, 6) is 4.42. The third kappa shape index (κ3) is 7.08. The van der Waals surface area contributed by atoms with Gasteiger partial charge in [0.2, 0.25) is 6.41 Å². The van der Waals surface area contributed by atoms with Crippen molar-refractivity contribution >= 4 is 23.1 Å². The minimum Gasteiger partial charge on any atom is -0.356 e. The van der Waals surface area contributed by atoms with Crippen molar-refractivity contribution in [2.24, 2.45) is 5.92 Å². The first-order valence-corrected chi connectivity index (χ1v) is 16.6. The molecule has 3 aliphatic heterocycles. The molecule has 7 rings (SSSR count). The number of hydrogen-bond acceptors (Lipinski definition) is 4. The number of nitrogens with zero attached hydrogens (tertiary/aromatic N) is 4. The van der Waals surface area contributed by atoms with E-state index in [0.717, 1.165) is 49.5 Å². The quantitative estimate of drug-likeness (QED) is 0.223. The van der Waals surface area contributed by atoms with Gasteiger partial charge in [0.1, 0.15) is 5.82 Å². The average Bonchev–Trinajstić information content (AvgIpc) is 3.78. The van der Waals surface area contributed by atoms with Gasteiger partial charge in [-0.1, -0.05) is 42.3 Å². The number of carbonyl (C=O) groups excluding carboxylic acids is 1. The predicted octanol–water partition coefficient (Wildman–Crippen LogP) is 7.39. The molecule has 2 unspecified atom stereocenters. The first-order chi connectivity index (χ1) is 21.6. The number of fused-ring (bicyclic) bond motifs is 1. The number of terminal acetylenes is 1. The molecule has 5 heteroatoms. The Morgan fingerprint density at radius 2 is 1.73 bits per heavy atom. The first kappa shape index (κ1) is 30.2. The van der Waals surface area contributed by atoms with E-state index in [1.165, 1.54) is 92.1 Å². The van der Waals surface area contributed by atoms with Gasteiger partial charge in [-0.15, -0.1) is 6.42 Å². The molecule has 0 radical (unpaired) electrons. The van der Waals surface area contributed by atoms with Gasteiger partial charge in [0.15, 0.2) is 0 Å². The number of allylic oxidation sites excluding steroid dienone is 3. The Morgan fingerprint density at radius 3 is 2.48 bits per heavy atom. The van der Waals surface area contributed by atoms with Crippen LogP contribution in [0.25, 0.3) is 22.0 Å². The molecule has 4 heterocycles. The SMILES string of the molecule is C#Cc1ccc(-c2ccc3nc(N4CCCC(C5=CCCC=C5)C4)cc(C)c3c2)cc1.O=CN1CCCC1CN1CCCC1. The highest BCUT2D eigenvalue weighted by Gasteiger charge is 2.26. The highest BCUT2D eigenvalue weighted by molar-refractivity contribution is 5.88. The molecule has 2 atom stereocenters. The molecule has 1 amide bonds. The van der Waals surface area contributed by atoms with E-state index in [9.17, 15) is 4.79 Å². The minimum atomic E-state index is 0.510. The number of amides is 1. The Kier molecular flexibility index (Phi) is 9.78. The lowest BCUT2D eigenvalue weighted by Gasteiger charge is -2.35. The first-order valence-electron chi connectivity index (χ1n) is 16.6. The summed E-state index contributed by atoms with van der Waals surface area (Å²) in [5.41, 5.74) is 7.15. The third-order valence-corrected chi connectivity index (χ3v) is 9.85. The fourth-order valence-corrected chi connectivity index (χ4v) is 7.33. The highest BCUT2D eigenvalue weighted by Crippen LogP contribution is 2.32. The van der Waals surface area contributed by atoms with Crippen molar-refractivity contribution in [3.63, 3.8) is 0 Å². The number of anilines is 1. The Balaban J connectivity index is 0.000000220. The maximum absolute atomic E-state index is 10.7. The van der Waals surface area contributed by atoms with Crippen molar-refractivity contribution in [2.45, 2.75) is 64.3 Å². The summed E-state index contributed by atoms with van der Waals surface area (Å²) < 4.78 is 0. The summed E-state index contributed by atoms with van der Waals surface area (Å²) in [4.78, 5) is 22.7. The monoisotopic (exact) mass is 586 g/mol. The highest BCUT2D eigenvalue weighted by atomic mass is 16.1. The van der Waals surface area contributed by atoms with Crippen molar-refractivity contribution in [1.29, 1.82) is 0 Å². The maximum Gasteiger partial charge on any atom is 0.209 e. The number of aryl methyl sites for hydroxylation is 1. The van der Waals surface area contributed by atoms with E-state index in [1.54, 1.807) is 0 Å². The molecule has 5 nitrogen and oxygen atoms in total. The van der Waals surface area contributed by atoms with Crippen LogP contribution in [0.15, 0.2) is 72.3 Å². The summed E-state index contributed by atoms with van der Waals surface area (Å²) in [6.07, 6.45) is 23.6. The molecule has 0 bridgehead atoms. The lowest BCUT2D eigenvalue weighted by molar-refractivity contribution is -0.119. The fraction of sp³-hybridized carbons (Fsp3) is 0.436. The second-order valence-corrected chi connectivity index (χ2v) is 12.9.